The third-order valence-corrected chi connectivity index (χ3v) is 3.30. The second-order valence-corrected chi connectivity index (χ2v) is 4.85. The second kappa shape index (κ2) is 4.31. The molecular weight excluding hydrogens is 265 g/mol. The number of benzene rings is 1. The second-order valence-electron chi connectivity index (χ2n) is 4.51. The Morgan fingerprint density at radius 3 is 2.89 bits per heavy atom. The highest BCUT2D eigenvalue weighted by molar-refractivity contribution is 6.28. The fraction of sp³-hybridized carbons (Fsp3) is 0.143. The smallest absolute Gasteiger partial charge is 0.223 e. The number of aromatic nitrogens is 3. The molecule has 0 N–H and O–H groups in total. The van der Waals surface area contributed by atoms with Crippen LogP contribution in [0.15, 0.2) is 30.6 Å². The summed E-state index contributed by atoms with van der Waals surface area (Å²) in [6.07, 6.45) is 2.95. The van der Waals surface area contributed by atoms with Crippen LogP contribution < -0.4 is 0 Å². The van der Waals surface area contributed by atoms with Gasteiger partial charge in [-0.25, -0.2) is 14.4 Å². The fourth-order valence-electron chi connectivity index (χ4n) is 2.23. The molecule has 5 heteroatoms. The molecule has 0 saturated heterocycles. The van der Waals surface area contributed by atoms with Crippen molar-refractivity contribution in [3.05, 3.63) is 47.3 Å². The van der Waals surface area contributed by atoms with Gasteiger partial charge in [0.1, 0.15) is 5.69 Å². The first-order chi connectivity index (χ1) is 9.06. The Balaban J connectivity index is 2.36. The molecule has 0 aliphatic heterocycles. The summed E-state index contributed by atoms with van der Waals surface area (Å²) in [5.74, 6) is -0.474. The van der Waals surface area contributed by atoms with Gasteiger partial charge in [0.05, 0.1) is 6.20 Å². The van der Waals surface area contributed by atoms with Crippen LogP contribution in [0.3, 0.4) is 0 Å². The maximum absolute atomic E-state index is 13.9. The Kier molecular flexibility index (Phi) is 2.75. The van der Waals surface area contributed by atoms with Gasteiger partial charge in [0, 0.05) is 29.7 Å². The predicted octanol–water partition coefficient (Wildman–Crippen LogP) is 3.74. The zero-order valence-electron chi connectivity index (χ0n) is 10.5. The van der Waals surface area contributed by atoms with Crippen molar-refractivity contribution in [3.63, 3.8) is 0 Å². The molecule has 3 aromatic rings. The van der Waals surface area contributed by atoms with Gasteiger partial charge < -0.3 is 4.57 Å². The van der Waals surface area contributed by atoms with Gasteiger partial charge in [-0.05, 0) is 30.7 Å². The number of fused-ring (bicyclic) bond motifs is 1. The molecule has 2 aromatic heterocycles. The van der Waals surface area contributed by atoms with Gasteiger partial charge >= 0.3 is 0 Å². The third kappa shape index (κ3) is 1.98. The summed E-state index contributed by atoms with van der Waals surface area (Å²) in [4.78, 5) is 7.64. The lowest BCUT2D eigenvalue weighted by molar-refractivity contribution is 0.618. The Hall–Kier alpha value is -1.94. The van der Waals surface area contributed by atoms with Crippen LogP contribution in [-0.2, 0) is 7.05 Å². The molecule has 3 nitrogen and oxygen atoms in total. The molecule has 1 aromatic carbocycles. The molecule has 96 valence electrons. The van der Waals surface area contributed by atoms with Crippen molar-refractivity contribution < 1.29 is 4.39 Å². The topological polar surface area (TPSA) is 30.7 Å². The Labute approximate surface area is 114 Å². The molecular formula is C14H11ClFN3. The minimum absolute atomic E-state index is 0.0426. The normalized spacial score (nSPS) is 11.2. The lowest BCUT2D eigenvalue weighted by Gasteiger charge is -2.01. The summed E-state index contributed by atoms with van der Waals surface area (Å²) < 4.78 is 15.8. The van der Waals surface area contributed by atoms with Crippen LogP contribution in [0.4, 0.5) is 4.39 Å². The number of halogens is 2. The Morgan fingerprint density at radius 1 is 1.32 bits per heavy atom. The molecule has 3 rings (SSSR count). The standard InChI is InChI=1S/C14H11ClFN3/c1-8-3-4-12-9(5-8)10(7-19(12)2)13-11(16)6-17-14(15)18-13/h3-7H,1-2H3. The van der Waals surface area contributed by atoms with Crippen LogP contribution in [-0.4, -0.2) is 14.5 Å². The van der Waals surface area contributed by atoms with E-state index >= 15 is 0 Å². The monoisotopic (exact) mass is 275 g/mol. The highest BCUT2D eigenvalue weighted by Crippen LogP contribution is 2.31. The number of aryl methyl sites for hydroxylation is 2. The summed E-state index contributed by atoms with van der Waals surface area (Å²) in [6.45, 7) is 2.00. The number of nitrogens with zero attached hydrogens (tertiary/aromatic N) is 3. The third-order valence-electron chi connectivity index (χ3n) is 3.11. The van der Waals surface area contributed by atoms with Gasteiger partial charge in [0.2, 0.25) is 5.28 Å². The number of hydrogen-bond acceptors (Lipinski definition) is 2. The molecule has 0 saturated carbocycles. The summed E-state index contributed by atoms with van der Waals surface area (Å²) in [7, 11) is 1.92. The van der Waals surface area contributed by atoms with Crippen LogP contribution in [0.2, 0.25) is 5.28 Å². The van der Waals surface area contributed by atoms with E-state index < -0.39 is 5.82 Å². The molecule has 2 heterocycles. The predicted molar refractivity (Wildman–Crippen MR) is 73.7 cm³/mol. The maximum atomic E-state index is 13.9. The highest BCUT2D eigenvalue weighted by Gasteiger charge is 2.15. The zero-order chi connectivity index (χ0) is 13.6. The molecule has 0 aliphatic rings. The van der Waals surface area contributed by atoms with Gasteiger partial charge in [0.15, 0.2) is 5.82 Å². The quantitative estimate of drug-likeness (QED) is 0.634. The minimum Gasteiger partial charge on any atom is -0.350 e. The number of hydrogen-bond donors (Lipinski definition) is 0. The molecule has 0 fully saturated rings. The zero-order valence-corrected chi connectivity index (χ0v) is 11.2. The first kappa shape index (κ1) is 12.1. The SMILES string of the molecule is Cc1ccc2c(c1)c(-c1nc(Cl)ncc1F)cn2C. The molecule has 0 unspecified atom stereocenters. The average Bonchev–Trinajstić information content (AvgIpc) is 2.69. The molecule has 0 bridgehead atoms. The number of rotatable bonds is 1. The van der Waals surface area contributed by atoms with Gasteiger partial charge in [-0.1, -0.05) is 11.6 Å². The van der Waals surface area contributed by atoms with E-state index in [1.54, 1.807) is 0 Å². The van der Waals surface area contributed by atoms with Crippen LogP contribution in [0, 0.1) is 12.7 Å². The molecule has 0 spiro atoms. The van der Waals surface area contributed by atoms with E-state index in [2.05, 4.69) is 9.97 Å². The van der Waals surface area contributed by atoms with Gasteiger partial charge in [-0.15, -0.1) is 0 Å². The van der Waals surface area contributed by atoms with Crippen molar-refractivity contribution in [2.45, 2.75) is 6.92 Å². The lowest BCUT2D eigenvalue weighted by Crippen LogP contribution is -1.92. The highest BCUT2D eigenvalue weighted by atomic mass is 35.5. The maximum Gasteiger partial charge on any atom is 0.223 e. The molecule has 0 radical (unpaired) electrons. The van der Waals surface area contributed by atoms with Crippen LogP contribution >= 0.6 is 11.6 Å². The van der Waals surface area contributed by atoms with Gasteiger partial charge in [0.25, 0.3) is 0 Å². The van der Waals surface area contributed by atoms with E-state index in [1.807, 2.05) is 42.9 Å². The summed E-state index contributed by atoms with van der Waals surface area (Å²) in [5, 5.41) is 0.997. The Morgan fingerprint density at radius 2 is 2.11 bits per heavy atom. The fourth-order valence-corrected chi connectivity index (χ4v) is 2.36. The van der Waals surface area contributed by atoms with Crippen molar-refractivity contribution in [1.82, 2.24) is 14.5 Å². The van der Waals surface area contributed by atoms with Gasteiger partial charge in [-0.2, -0.15) is 0 Å². The Bertz CT molecular complexity index is 780. The van der Waals surface area contributed by atoms with E-state index in [0.717, 1.165) is 28.2 Å². The van der Waals surface area contributed by atoms with Crippen LogP contribution in [0.25, 0.3) is 22.2 Å². The van der Waals surface area contributed by atoms with E-state index in [1.165, 1.54) is 0 Å². The summed E-state index contributed by atoms with van der Waals surface area (Å²) in [5.41, 5.74) is 3.09. The van der Waals surface area contributed by atoms with E-state index in [4.69, 9.17) is 11.6 Å². The van der Waals surface area contributed by atoms with Crippen molar-refractivity contribution >= 4 is 22.5 Å². The molecule has 0 aliphatic carbocycles. The van der Waals surface area contributed by atoms with Crippen molar-refractivity contribution in [2.24, 2.45) is 7.05 Å². The van der Waals surface area contributed by atoms with Crippen molar-refractivity contribution in [2.75, 3.05) is 0 Å². The molecule has 0 atom stereocenters. The summed E-state index contributed by atoms with van der Waals surface area (Å²) in [6, 6.07) is 6.05. The van der Waals surface area contributed by atoms with Gasteiger partial charge in [-0.3, -0.25) is 0 Å². The lowest BCUT2D eigenvalue weighted by atomic mass is 10.1. The molecule has 0 amide bonds. The van der Waals surface area contributed by atoms with Crippen LogP contribution in [0.5, 0.6) is 0 Å². The van der Waals surface area contributed by atoms with Crippen LogP contribution in [0.1, 0.15) is 5.56 Å². The largest absolute Gasteiger partial charge is 0.350 e. The van der Waals surface area contributed by atoms with Crippen molar-refractivity contribution in [3.8, 4) is 11.3 Å². The molecule has 19 heavy (non-hydrogen) atoms. The van der Waals surface area contributed by atoms with Crippen molar-refractivity contribution in [1.29, 1.82) is 0 Å². The first-order valence-corrected chi connectivity index (χ1v) is 6.18. The minimum atomic E-state index is -0.474. The van der Waals surface area contributed by atoms with E-state index in [0.29, 0.717) is 0 Å². The van der Waals surface area contributed by atoms with E-state index in [9.17, 15) is 4.39 Å². The van der Waals surface area contributed by atoms with E-state index in [-0.39, 0.29) is 11.0 Å². The first-order valence-electron chi connectivity index (χ1n) is 5.80. The summed E-state index contributed by atoms with van der Waals surface area (Å²) >= 11 is 5.76. The average molecular weight is 276 g/mol.